The number of nitrogens with two attached hydrogens (primary N) is 1. The Morgan fingerprint density at radius 1 is 1.58 bits per heavy atom. The van der Waals surface area contributed by atoms with E-state index in [1.54, 1.807) is 0 Å². The van der Waals surface area contributed by atoms with Crippen molar-refractivity contribution in [1.29, 1.82) is 0 Å². The zero-order valence-electron chi connectivity index (χ0n) is 7.70. The van der Waals surface area contributed by atoms with E-state index >= 15 is 0 Å². The van der Waals surface area contributed by atoms with Crippen LogP contribution in [0.2, 0.25) is 0 Å². The molecule has 0 aliphatic carbocycles. The van der Waals surface area contributed by atoms with E-state index in [0.717, 1.165) is 38.6 Å². The quantitative estimate of drug-likeness (QED) is 0.621. The minimum Gasteiger partial charge on any atom is -0.330 e. The first kappa shape index (κ1) is 9.68. The zero-order chi connectivity index (χ0) is 8.97. The molecule has 2 N–H and O–H groups in total. The molecule has 0 bridgehead atoms. The van der Waals surface area contributed by atoms with Gasteiger partial charge in [-0.15, -0.1) is 0 Å². The average Bonchev–Trinajstić information content (AvgIpc) is 2.43. The summed E-state index contributed by atoms with van der Waals surface area (Å²) in [6.07, 6.45) is 4.23. The first-order valence-electron chi connectivity index (χ1n) is 4.70. The number of hydrogen-bond donors (Lipinski definition) is 1. The highest BCUT2D eigenvalue weighted by atomic mass is 16.1. The minimum atomic E-state index is 0.159. The van der Waals surface area contributed by atoms with E-state index in [1.165, 1.54) is 0 Å². The van der Waals surface area contributed by atoms with E-state index in [0.29, 0.717) is 6.04 Å². The predicted octanol–water partition coefficient (Wildman–Crippen LogP) is 0.387. The molecule has 2 unspecified atom stereocenters. The fourth-order valence-corrected chi connectivity index (χ4v) is 1.88. The molecule has 2 atom stereocenters. The first-order chi connectivity index (χ1) is 5.79. The molecule has 0 radical (unpaired) electrons. The third-order valence-corrected chi connectivity index (χ3v) is 2.65. The Hall–Kier alpha value is -0.410. The van der Waals surface area contributed by atoms with E-state index < -0.39 is 0 Å². The summed E-state index contributed by atoms with van der Waals surface area (Å²) < 4.78 is 0. The SMILES string of the molecule is CC1CCC(C=O)N1CCCN. The molecule has 0 aromatic heterocycles. The van der Waals surface area contributed by atoms with Crippen LogP contribution >= 0.6 is 0 Å². The van der Waals surface area contributed by atoms with Crippen molar-refractivity contribution in [3.05, 3.63) is 0 Å². The van der Waals surface area contributed by atoms with Gasteiger partial charge in [0.1, 0.15) is 6.29 Å². The van der Waals surface area contributed by atoms with Gasteiger partial charge in [0.05, 0.1) is 6.04 Å². The molecule has 1 saturated heterocycles. The lowest BCUT2D eigenvalue weighted by molar-refractivity contribution is -0.111. The standard InChI is InChI=1S/C9H18N2O/c1-8-3-4-9(7-12)11(8)6-2-5-10/h7-9H,2-6,10H2,1H3. The lowest BCUT2D eigenvalue weighted by Gasteiger charge is -2.24. The highest BCUT2D eigenvalue weighted by Gasteiger charge is 2.29. The van der Waals surface area contributed by atoms with Gasteiger partial charge in [-0.3, -0.25) is 4.90 Å². The summed E-state index contributed by atoms with van der Waals surface area (Å²) in [5.74, 6) is 0. The van der Waals surface area contributed by atoms with Crippen LogP contribution in [0.3, 0.4) is 0 Å². The third-order valence-electron chi connectivity index (χ3n) is 2.65. The van der Waals surface area contributed by atoms with E-state index in [4.69, 9.17) is 5.73 Å². The summed E-state index contributed by atoms with van der Waals surface area (Å²) in [5, 5.41) is 0. The molecule has 0 saturated carbocycles. The van der Waals surface area contributed by atoms with Crippen LogP contribution in [0.5, 0.6) is 0 Å². The number of likely N-dealkylation sites (tertiary alicyclic amines) is 1. The van der Waals surface area contributed by atoms with Crippen molar-refractivity contribution in [2.75, 3.05) is 13.1 Å². The van der Waals surface area contributed by atoms with Crippen LogP contribution in [0.1, 0.15) is 26.2 Å². The van der Waals surface area contributed by atoms with Gasteiger partial charge in [-0.2, -0.15) is 0 Å². The lowest BCUT2D eigenvalue weighted by atomic mass is 10.2. The Morgan fingerprint density at radius 2 is 2.33 bits per heavy atom. The normalized spacial score (nSPS) is 30.8. The van der Waals surface area contributed by atoms with Gasteiger partial charge in [-0.1, -0.05) is 0 Å². The van der Waals surface area contributed by atoms with Crippen molar-refractivity contribution in [3.63, 3.8) is 0 Å². The average molecular weight is 170 g/mol. The predicted molar refractivity (Wildman–Crippen MR) is 48.9 cm³/mol. The number of nitrogens with zero attached hydrogens (tertiary/aromatic N) is 1. The molecular formula is C9H18N2O. The highest BCUT2D eigenvalue weighted by Crippen LogP contribution is 2.22. The summed E-state index contributed by atoms with van der Waals surface area (Å²) in [6, 6.07) is 0.721. The minimum absolute atomic E-state index is 0.159. The summed E-state index contributed by atoms with van der Waals surface area (Å²) >= 11 is 0. The van der Waals surface area contributed by atoms with E-state index in [-0.39, 0.29) is 6.04 Å². The maximum absolute atomic E-state index is 10.7. The van der Waals surface area contributed by atoms with Crippen LogP contribution in [-0.4, -0.2) is 36.4 Å². The van der Waals surface area contributed by atoms with Gasteiger partial charge in [0.2, 0.25) is 0 Å². The van der Waals surface area contributed by atoms with Gasteiger partial charge < -0.3 is 10.5 Å². The largest absolute Gasteiger partial charge is 0.330 e. The second kappa shape index (κ2) is 4.58. The second-order valence-electron chi connectivity index (χ2n) is 3.51. The summed E-state index contributed by atoms with van der Waals surface area (Å²) in [4.78, 5) is 12.9. The Bertz CT molecular complexity index is 149. The summed E-state index contributed by atoms with van der Waals surface area (Å²) in [5.41, 5.74) is 5.42. The Morgan fingerprint density at radius 3 is 2.92 bits per heavy atom. The second-order valence-corrected chi connectivity index (χ2v) is 3.51. The molecule has 12 heavy (non-hydrogen) atoms. The third kappa shape index (κ3) is 2.05. The summed E-state index contributed by atoms with van der Waals surface area (Å²) in [6.45, 7) is 3.87. The Balaban J connectivity index is 2.40. The van der Waals surface area contributed by atoms with Crippen molar-refractivity contribution in [3.8, 4) is 0 Å². The van der Waals surface area contributed by atoms with Crippen molar-refractivity contribution in [1.82, 2.24) is 4.90 Å². The molecule has 70 valence electrons. The topological polar surface area (TPSA) is 46.3 Å². The highest BCUT2D eigenvalue weighted by molar-refractivity contribution is 5.58. The van der Waals surface area contributed by atoms with Crippen LogP contribution in [0.25, 0.3) is 0 Å². The van der Waals surface area contributed by atoms with Gasteiger partial charge >= 0.3 is 0 Å². The molecule has 1 heterocycles. The summed E-state index contributed by atoms with van der Waals surface area (Å²) in [7, 11) is 0. The fourth-order valence-electron chi connectivity index (χ4n) is 1.88. The molecular weight excluding hydrogens is 152 g/mol. The maximum atomic E-state index is 10.7. The van der Waals surface area contributed by atoms with Crippen LogP contribution in [0.4, 0.5) is 0 Å². The number of carbonyl (C=O) groups is 1. The molecule has 1 aliphatic rings. The van der Waals surface area contributed by atoms with Gasteiger partial charge in [-0.25, -0.2) is 0 Å². The smallest absolute Gasteiger partial charge is 0.137 e. The molecule has 1 fully saturated rings. The van der Waals surface area contributed by atoms with Crippen molar-refractivity contribution >= 4 is 6.29 Å². The molecule has 0 aromatic rings. The van der Waals surface area contributed by atoms with Gasteiger partial charge in [0, 0.05) is 12.6 Å². The lowest BCUT2D eigenvalue weighted by Crippen LogP contribution is -2.36. The van der Waals surface area contributed by atoms with E-state index in [2.05, 4.69) is 11.8 Å². The maximum Gasteiger partial charge on any atom is 0.137 e. The molecule has 1 rings (SSSR count). The monoisotopic (exact) mass is 170 g/mol. The molecule has 0 aromatic carbocycles. The van der Waals surface area contributed by atoms with Gasteiger partial charge in [0.25, 0.3) is 0 Å². The fraction of sp³-hybridized carbons (Fsp3) is 0.889. The molecule has 1 aliphatic heterocycles. The molecule has 0 amide bonds. The number of carbonyl (C=O) groups excluding carboxylic acids is 1. The van der Waals surface area contributed by atoms with Crippen LogP contribution in [0.15, 0.2) is 0 Å². The number of rotatable bonds is 4. The van der Waals surface area contributed by atoms with E-state index in [9.17, 15) is 4.79 Å². The Kier molecular flexibility index (Phi) is 3.69. The molecule has 3 heteroatoms. The number of aldehydes is 1. The zero-order valence-corrected chi connectivity index (χ0v) is 7.70. The van der Waals surface area contributed by atoms with Gasteiger partial charge in [0.15, 0.2) is 0 Å². The number of hydrogen-bond acceptors (Lipinski definition) is 3. The van der Waals surface area contributed by atoms with Crippen LogP contribution in [0, 0.1) is 0 Å². The van der Waals surface area contributed by atoms with Crippen LogP contribution in [-0.2, 0) is 4.79 Å². The van der Waals surface area contributed by atoms with Crippen molar-refractivity contribution in [2.24, 2.45) is 5.73 Å². The van der Waals surface area contributed by atoms with Crippen molar-refractivity contribution in [2.45, 2.75) is 38.3 Å². The van der Waals surface area contributed by atoms with E-state index in [1.807, 2.05) is 0 Å². The van der Waals surface area contributed by atoms with Gasteiger partial charge in [-0.05, 0) is 32.7 Å². The molecule has 3 nitrogen and oxygen atoms in total. The van der Waals surface area contributed by atoms with Crippen LogP contribution < -0.4 is 5.73 Å². The Labute approximate surface area is 73.9 Å². The first-order valence-corrected chi connectivity index (χ1v) is 4.70. The molecule has 0 spiro atoms. The van der Waals surface area contributed by atoms with Crippen molar-refractivity contribution < 1.29 is 4.79 Å².